The highest BCUT2D eigenvalue weighted by molar-refractivity contribution is 6.46. The molecule has 1 fully saturated rings. The number of rotatable bonds is 8. The monoisotopic (exact) mass is 494 g/mol. The molecular weight excluding hydrogens is 464 g/mol. The molecule has 0 saturated carbocycles. The van der Waals surface area contributed by atoms with Crippen molar-refractivity contribution in [3.8, 4) is 0 Å². The van der Waals surface area contributed by atoms with Crippen molar-refractivity contribution < 1.29 is 14.7 Å². The van der Waals surface area contributed by atoms with Gasteiger partial charge in [-0.2, -0.15) is 0 Å². The van der Waals surface area contributed by atoms with Gasteiger partial charge in [0.2, 0.25) is 0 Å². The van der Waals surface area contributed by atoms with E-state index >= 15 is 0 Å². The van der Waals surface area contributed by atoms with E-state index in [0.29, 0.717) is 40.6 Å². The van der Waals surface area contributed by atoms with E-state index in [4.69, 9.17) is 11.6 Å². The second kappa shape index (κ2) is 10.2. The van der Waals surface area contributed by atoms with Crippen molar-refractivity contribution in [2.24, 2.45) is 0 Å². The first kappa shape index (κ1) is 24.9. The van der Waals surface area contributed by atoms with Gasteiger partial charge < -0.3 is 19.3 Å². The number of nitrogens with zero attached hydrogens (tertiary/aromatic N) is 4. The van der Waals surface area contributed by atoms with E-state index in [1.165, 1.54) is 0 Å². The van der Waals surface area contributed by atoms with Crippen LogP contribution < -0.4 is 0 Å². The maximum absolute atomic E-state index is 13.3. The fourth-order valence-corrected chi connectivity index (χ4v) is 5.01. The van der Waals surface area contributed by atoms with Crippen LogP contribution in [0.2, 0.25) is 5.02 Å². The van der Waals surface area contributed by atoms with Gasteiger partial charge in [-0.1, -0.05) is 43.6 Å². The zero-order valence-corrected chi connectivity index (χ0v) is 21.3. The Kier molecular flexibility index (Phi) is 7.28. The summed E-state index contributed by atoms with van der Waals surface area (Å²) in [6.45, 7) is 11.0. The van der Waals surface area contributed by atoms with Gasteiger partial charge in [0.05, 0.1) is 17.3 Å². The average molecular weight is 495 g/mol. The summed E-state index contributed by atoms with van der Waals surface area (Å²) in [6.07, 6.45) is 2.57. The van der Waals surface area contributed by atoms with Crippen LogP contribution in [0.3, 0.4) is 0 Å². The average Bonchev–Trinajstić information content (AvgIpc) is 3.31. The molecule has 1 amide bonds. The summed E-state index contributed by atoms with van der Waals surface area (Å²) < 4.78 is 1.87. The van der Waals surface area contributed by atoms with Gasteiger partial charge in [-0.3, -0.25) is 9.59 Å². The lowest BCUT2D eigenvalue weighted by molar-refractivity contribution is -0.140. The standard InChI is InChI=1S/C27H31ClN4O3/c1-5-30(6-2)13-9-15-32-23(19-11-7-12-20(28)16-19)21(25(34)27(32)35)24(33)22-18(4)31-14-8-10-17(3)26(31)29-22/h7-8,10-12,14,16,23,33H,5-6,9,13,15H2,1-4H3/b24-21+. The third-order valence-corrected chi connectivity index (χ3v) is 7.02. The van der Waals surface area contributed by atoms with Crippen molar-refractivity contribution in [3.63, 3.8) is 0 Å². The number of aromatic nitrogens is 2. The zero-order valence-electron chi connectivity index (χ0n) is 20.6. The van der Waals surface area contributed by atoms with Crippen molar-refractivity contribution in [3.05, 3.63) is 75.7 Å². The third-order valence-electron chi connectivity index (χ3n) is 6.78. The summed E-state index contributed by atoms with van der Waals surface area (Å²) >= 11 is 6.28. The minimum absolute atomic E-state index is 0.0456. The second-order valence-corrected chi connectivity index (χ2v) is 9.29. The molecule has 7 nitrogen and oxygen atoms in total. The van der Waals surface area contributed by atoms with E-state index in [9.17, 15) is 14.7 Å². The minimum Gasteiger partial charge on any atom is -0.505 e. The van der Waals surface area contributed by atoms with Crippen molar-refractivity contribution in [2.45, 2.75) is 40.2 Å². The molecule has 1 unspecified atom stereocenters. The van der Waals surface area contributed by atoms with E-state index in [0.717, 1.165) is 25.2 Å². The Morgan fingerprint density at radius 2 is 1.89 bits per heavy atom. The molecule has 1 N–H and O–H groups in total. The van der Waals surface area contributed by atoms with E-state index < -0.39 is 17.7 Å². The first-order valence-corrected chi connectivity index (χ1v) is 12.4. The van der Waals surface area contributed by atoms with Crippen LogP contribution in [0.4, 0.5) is 0 Å². The molecule has 35 heavy (non-hydrogen) atoms. The van der Waals surface area contributed by atoms with Crippen LogP contribution in [0.1, 0.15) is 48.8 Å². The summed E-state index contributed by atoms with van der Waals surface area (Å²) in [6, 6.07) is 10.2. The number of carbonyl (C=O) groups excluding carboxylic acids is 2. The molecule has 2 aromatic heterocycles. The minimum atomic E-state index is -0.740. The quantitative estimate of drug-likeness (QED) is 0.277. The largest absolute Gasteiger partial charge is 0.505 e. The van der Waals surface area contributed by atoms with Gasteiger partial charge in [0.1, 0.15) is 11.3 Å². The van der Waals surface area contributed by atoms with Gasteiger partial charge in [0.15, 0.2) is 5.76 Å². The Bertz CT molecular complexity index is 1310. The maximum atomic E-state index is 13.3. The predicted molar refractivity (Wildman–Crippen MR) is 138 cm³/mol. The van der Waals surface area contributed by atoms with E-state index in [-0.39, 0.29) is 11.3 Å². The molecular formula is C27H31ClN4O3. The molecule has 3 aromatic rings. The Morgan fingerprint density at radius 3 is 2.54 bits per heavy atom. The lowest BCUT2D eigenvalue weighted by Crippen LogP contribution is -2.33. The molecule has 1 aromatic carbocycles. The van der Waals surface area contributed by atoms with Crippen LogP contribution in [0.25, 0.3) is 11.4 Å². The number of halogens is 1. The number of aliphatic hydroxyl groups excluding tert-OH is 1. The number of imidazole rings is 1. The molecule has 0 radical (unpaired) electrons. The number of amides is 1. The summed E-state index contributed by atoms with van der Waals surface area (Å²) in [4.78, 5) is 35.0. The summed E-state index contributed by atoms with van der Waals surface area (Å²) in [5, 5.41) is 11.9. The second-order valence-electron chi connectivity index (χ2n) is 8.86. The van der Waals surface area contributed by atoms with Gasteiger partial charge in [-0.05, 0) is 69.2 Å². The molecule has 184 valence electrons. The van der Waals surface area contributed by atoms with Crippen LogP contribution in [-0.2, 0) is 9.59 Å². The highest BCUT2D eigenvalue weighted by atomic mass is 35.5. The summed E-state index contributed by atoms with van der Waals surface area (Å²) in [5.74, 6) is -1.59. The lowest BCUT2D eigenvalue weighted by Gasteiger charge is -2.26. The number of hydrogen-bond donors (Lipinski definition) is 1. The number of fused-ring (bicyclic) bond motifs is 1. The summed E-state index contributed by atoms with van der Waals surface area (Å²) in [7, 11) is 0. The topological polar surface area (TPSA) is 78.2 Å². The van der Waals surface area contributed by atoms with Gasteiger partial charge in [0, 0.05) is 17.8 Å². The van der Waals surface area contributed by atoms with Crippen LogP contribution >= 0.6 is 11.6 Å². The Labute approximate surface area is 210 Å². The van der Waals surface area contributed by atoms with Crippen LogP contribution in [0.5, 0.6) is 0 Å². The molecule has 8 heteroatoms. The van der Waals surface area contributed by atoms with E-state index in [2.05, 4.69) is 23.7 Å². The first-order valence-electron chi connectivity index (χ1n) is 12.0. The zero-order chi connectivity index (χ0) is 25.3. The third kappa shape index (κ3) is 4.58. The van der Waals surface area contributed by atoms with Gasteiger partial charge >= 0.3 is 0 Å². The normalized spacial score (nSPS) is 17.8. The van der Waals surface area contributed by atoms with Gasteiger partial charge in [0.25, 0.3) is 11.7 Å². The molecule has 1 aliphatic rings. The number of carbonyl (C=O) groups is 2. The maximum Gasteiger partial charge on any atom is 0.295 e. The smallest absolute Gasteiger partial charge is 0.295 e. The highest BCUT2D eigenvalue weighted by Gasteiger charge is 2.46. The molecule has 0 aliphatic carbocycles. The number of aliphatic hydroxyl groups is 1. The van der Waals surface area contributed by atoms with Crippen molar-refractivity contribution in [2.75, 3.05) is 26.2 Å². The van der Waals surface area contributed by atoms with E-state index in [1.54, 1.807) is 23.1 Å². The molecule has 1 aliphatic heterocycles. The Balaban J connectivity index is 1.82. The number of aryl methyl sites for hydroxylation is 2. The molecule has 0 spiro atoms. The molecule has 1 saturated heterocycles. The number of likely N-dealkylation sites (tertiary alicyclic amines) is 1. The van der Waals surface area contributed by atoms with Gasteiger partial charge in [-0.25, -0.2) is 4.98 Å². The fourth-order valence-electron chi connectivity index (χ4n) is 4.81. The van der Waals surface area contributed by atoms with Crippen molar-refractivity contribution >= 4 is 34.7 Å². The Hall–Kier alpha value is -3.16. The lowest BCUT2D eigenvalue weighted by atomic mass is 9.96. The Morgan fingerprint density at radius 1 is 1.14 bits per heavy atom. The van der Waals surface area contributed by atoms with Crippen LogP contribution in [0, 0.1) is 13.8 Å². The fraction of sp³-hybridized carbons (Fsp3) is 0.370. The predicted octanol–water partition coefficient (Wildman–Crippen LogP) is 4.76. The number of benzene rings is 1. The van der Waals surface area contributed by atoms with E-state index in [1.807, 2.05) is 42.6 Å². The van der Waals surface area contributed by atoms with Gasteiger partial charge in [-0.15, -0.1) is 0 Å². The number of Topliss-reactive ketones (excluding diaryl/α,β-unsaturated/α-hetero) is 1. The molecule has 0 bridgehead atoms. The SMILES string of the molecule is CCN(CC)CCCN1C(=O)C(=O)/C(=C(/O)c2nc3c(C)cccn3c2C)C1c1cccc(Cl)c1. The van der Waals surface area contributed by atoms with Crippen molar-refractivity contribution in [1.82, 2.24) is 19.2 Å². The molecule has 4 rings (SSSR count). The number of pyridine rings is 1. The summed E-state index contributed by atoms with van der Waals surface area (Å²) in [5.41, 5.74) is 3.35. The molecule has 1 atom stereocenters. The first-order chi connectivity index (χ1) is 16.8. The van der Waals surface area contributed by atoms with Crippen LogP contribution in [-0.4, -0.2) is 62.2 Å². The highest BCUT2D eigenvalue weighted by Crippen LogP contribution is 2.40. The number of ketones is 1. The molecule has 3 heterocycles. The van der Waals surface area contributed by atoms with Crippen molar-refractivity contribution in [1.29, 1.82) is 0 Å². The van der Waals surface area contributed by atoms with Crippen LogP contribution in [0.15, 0.2) is 48.2 Å². The number of hydrogen-bond acceptors (Lipinski definition) is 5.